The third-order valence-electron chi connectivity index (χ3n) is 1.04. The van der Waals surface area contributed by atoms with Crippen molar-refractivity contribution in [2.45, 2.75) is 4.90 Å². The molecule has 0 saturated carbocycles. The Labute approximate surface area is 76.0 Å². The van der Waals surface area contributed by atoms with Crippen LogP contribution in [-0.4, -0.2) is 12.5 Å². The van der Waals surface area contributed by atoms with Crippen molar-refractivity contribution in [3.05, 3.63) is 14.7 Å². The lowest BCUT2D eigenvalue weighted by molar-refractivity contribution is 0.112. The van der Waals surface area contributed by atoms with Crippen LogP contribution in [0.3, 0.4) is 0 Å². The zero-order valence-electron chi connectivity index (χ0n) is 5.26. The molecule has 0 fully saturated rings. The zero-order valence-corrected chi connectivity index (χ0v) is 8.48. The van der Waals surface area contributed by atoms with Gasteiger partial charge in [0.1, 0.15) is 0 Å². The summed E-state index contributed by atoms with van der Waals surface area (Å²) in [5.74, 6) is 0. The van der Waals surface area contributed by atoms with Crippen molar-refractivity contribution in [2.75, 3.05) is 6.26 Å². The molecule has 1 heterocycles. The fourth-order valence-electron chi connectivity index (χ4n) is 0.619. The first-order valence-electron chi connectivity index (χ1n) is 2.55. The van der Waals surface area contributed by atoms with Gasteiger partial charge in [-0.05, 0) is 22.2 Å². The Hall–Kier alpha value is 0.200. The summed E-state index contributed by atoms with van der Waals surface area (Å²) in [5.41, 5.74) is 0. The van der Waals surface area contributed by atoms with Crippen molar-refractivity contribution in [1.82, 2.24) is 0 Å². The Bertz CT molecular complexity index is 244. The molecule has 1 nitrogen and oxygen atoms in total. The molecule has 0 saturated heterocycles. The number of thiophene rings is 1. The SMILES string of the molecule is CSc1c(Br)csc1C=O. The molecule has 1 aromatic heterocycles. The van der Waals surface area contributed by atoms with E-state index in [1.807, 2.05) is 11.6 Å². The molecule has 0 N–H and O–H groups in total. The molecule has 4 heteroatoms. The molecule has 0 aliphatic rings. The number of rotatable bonds is 2. The van der Waals surface area contributed by atoms with Gasteiger partial charge in [0.05, 0.1) is 4.88 Å². The highest BCUT2D eigenvalue weighted by atomic mass is 79.9. The number of carbonyl (C=O) groups is 1. The molecule has 0 unspecified atom stereocenters. The third kappa shape index (κ3) is 1.44. The number of halogens is 1. The molecular weight excluding hydrogens is 232 g/mol. The molecule has 1 rings (SSSR count). The maximum Gasteiger partial charge on any atom is 0.161 e. The van der Waals surface area contributed by atoms with Crippen molar-refractivity contribution in [3.63, 3.8) is 0 Å². The first-order chi connectivity index (χ1) is 4.79. The summed E-state index contributed by atoms with van der Waals surface area (Å²) in [6.07, 6.45) is 2.85. The average molecular weight is 237 g/mol. The molecule has 0 aliphatic heterocycles. The fourth-order valence-corrected chi connectivity index (χ4v) is 3.32. The molecule has 0 aromatic carbocycles. The molecule has 0 spiro atoms. The van der Waals surface area contributed by atoms with E-state index in [1.165, 1.54) is 11.3 Å². The number of hydrogen-bond donors (Lipinski definition) is 0. The van der Waals surface area contributed by atoms with Gasteiger partial charge in [-0.2, -0.15) is 0 Å². The van der Waals surface area contributed by atoms with E-state index < -0.39 is 0 Å². The second-order valence-electron chi connectivity index (χ2n) is 1.60. The third-order valence-corrected chi connectivity index (χ3v) is 4.12. The lowest BCUT2D eigenvalue weighted by atomic mass is 10.5. The van der Waals surface area contributed by atoms with E-state index in [-0.39, 0.29) is 0 Å². The van der Waals surface area contributed by atoms with Gasteiger partial charge < -0.3 is 0 Å². The molecule has 0 radical (unpaired) electrons. The van der Waals surface area contributed by atoms with Crippen LogP contribution in [0.5, 0.6) is 0 Å². The summed E-state index contributed by atoms with van der Waals surface area (Å²) in [7, 11) is 0. The van der Waals surface area contributed by atoms with Crippen LogP contribution in [0.4, 0.5) is 0 Å². The number of thioether (sulfide) groups is 1. The predicted molar refractivity (Wildman–Crippen MR) is 49.2 cm³/mol. The van der Waals surface area contributed by atoms with E-state index in [2.05, 4.69) is 15.9 Å². The predicted octanol–water partition coefficient (Wildman–Crippen LogP) is 3.05. The normalized spacial score (nSPS) is 9.80. The van der Waals surface area contributed by atoms with Crippen LogP contribution in [0.1, 0.15) is 9.67 Å². The van der Waals surface area contributed by atoms with Crippen LogP contribution in [-0.2, 0) is 0 Å². The Morgan fingerprint density at radius 2 is 2.50 bits per heavy atom. The summed E-state index contributed by atoms with van der Waals surface area (Å²) in [4.78, 5) is 12.2. The monoisotopic (exact) mass is 236 g/mol. The Kier molecular flexibility index (Phi) is 2.95. The van der Waals surface area contributed by atoms with E-state index in [0.717, 1.165) is 20.5 Å². The van der Waals surface area contributed by atoms with E-state index in [0.29, 0.717) is 0 Å². The number of aldehydes is 1. The second-order valence-corrected chi connectivity index (χ2v) is 4.18. The molecule has 1 aromatic rings. The fraction of sp³-hybridized carbons (Fsp3) is 0.167. The highest BCUT2D eigenvalue weighted by Gasteiger charge is 2.06. The van der Waals surface area contributed by atoms with E-state index in [4.69, 9.17) is 0 Å². The zero-order chi connectivity index (χ0) is 7.56. The van der Waals surface area contributed by atoms with Gasteiger partial charge in [0, 0.05) is 14.7 Å². The Balaban J connectivity index is 3.12. The van der Waals surface area contributed by atoms with Crippen LogP contribution in [0.2, 0.25) is 0 Å². The van der Waals surface area contributed by atoms with Gasteiger partial charge in [0.2, 0.25) is 0 Å². The summed E-state index contributed by atoms with van der Waals surface area (Å²) >= 11 is 6.40. The maximum atomic E-state index is 10.4. The van der Waals surface area contributed by atoms with E-state index in [1.54, 1.807) is 11.8 Å². The molecule has 0 bridgehead atoms. The smallest absolute Gasteiger partial charge is 0.161 e. The summed E-state index contributed by atoms with van der Waals surface area (Å²) in [5, 5.41) is 1.93. The van der Waals surface area contributed by atoms with Crippen LogP contribution < -0.4 is 0 Å². The highest BCUT2D eigenvalue weighted by molar-refractivity contribution is 9.10. The van der Waals surface area contributed by atoms with Gasteiger partial charge in [-0.1, -0.05) is 0 Å². The molecular formula is C6H5BrOS2. The van der Waals surface area contributed by atoms with Crippen molar-refractivity contribution in [2.24, 2.45) is 0 Å². The molecule has 0 aliphatic carbocycles. The average Bonchev–Trinajstić information content (AvgIpc) is 2.30. The minimum atomic E-state index is 0.805. The van der Waals surface area contributed by atoms with Crippen molar-refractivity contribution < 1.29 is 4.79 Å². The summed E-state index contributed by atoms with van der Waals surface area (Å²) < 4.78 is 1.02. The standard InChI is InChI=1S/C6H5BrOS2/c1-9-6-4(7)3-10-5(6)2-8/h2-3H,1H3. The lowest BCUT2D eigenvalue weighted by Gasteiger charge is -1.90. The Morgan fingerprint density at radius 1 is 1.80 bits per heavy atom. The number of carbonyl (C=O) groups excluding carboxylic acids is 1. The van der Waals surface area contributed by atoms with Crippen LogP contribution >= 0.6 is 39.0 Å². The first kappa shape index (κ1) is 8.30. The van der Waals surface area contributed by atoms with E-state index >= 15 is 0 Å². The quantitative estimate of drug-likeness (QED) is 0.580. The van der Waals surface area contributed by atoms with Gasteiger partial charge in [-0.3, -0.25) is 4.79 Å². The van der Waals surface area contributed by atoms with Crippen molar-refractivity contribution in [3.8, 4) is 0 Å². The minimum Gasteiger partial charge on any atom is -0.297 e. The minimum absolute atomic E-state index is 0.805. The highest BCUT2D eigenvalue weighted by Crippen LogP contribution is 2.33. The largest absolute Gasteiger partial charge is 0.297 e. The van der Waals surface area contributed by atoms with Gasteiger partial charge in [-0.25, -0.2) is 0 Å². The molecule has 0 atom stereocenters. The van der Waals surface area contributed by atoms with Crippen LogP contribution in [0.15, 0.2) is 14.7 Å². The van der Waals surface area contributed by atoms with Gasteiger partial charge in [0.25, 0.3) is 0 Å². The topological polar surface area (TPSA) is 17.1 Å². The van der Waals surface area contributed by atoms with Gasteiger partial charge in [-0.15, -0.1) is 23.1 Å². The Morgan fingerprint density at radius 3 is 2.90 bits per heavy atom. The van der Waals surface area contributed by atoms with E-state index in [9.17, 15) is 4.79 Å². The molecule has 0 amide bonds. The summed E-state index contributed by atoms with van der Waals surface area (Å²) in [6.45, 7) is 0. The summed E-state index contributed by atoms with van der Waals surface area (Å²) in [6, 6.07) is 0. The van der Waals surface area contributed by atoms with Crippen molar-refractivity contribution in [1.29, 1.82) is 0 Å². The van der Waals surface area contributed by atoms with Crippen LogP contribution in [0, 0.1) is 0 Å². The van der Waals surface area contributed by atoms with Crippen LogP contribution in [0.25, 0.3) is 0 Å². The first-order valence-corrected chi connectivity index (χ1v) is 5.45. The lowest BCUT2D eigenvalue weighted by Crippen LogP contribution is -1.73. The maximum absolute atomic E-state index is 10.4. The molecule has 54 valence electrons. The second kappa shape index (κ2) is 3.55. The van der Waals surface area contributed by atoms with Gasteiger partial charge in [0.15, 0.2) is 6.29 Å². The van der Waals surface area contributed by atoms with Gasteiger partial charge >= 0.3 is 0 Å². The molecule has 10 heavy (non-hydrogen) atoms. The van der Waals surface area contributed by atoms with Crippen molar-refractivity contribution >= 4 is 45.3 Å². The number of hydrogen-bond acceptors (Lipinski definition) is 3.